The van der Waals surface area contributed by atoms with E-state index in [1.807, 2.05) is 23.8 Å². The molecular formula is C15H20N2O3. The van der Waals surface area contributed by atoms with Gasteiger partial charge in [0.15, 0.2) is 0 Å². The minimum Gasteiger partial charge on any atom is -0.480 e. The Morgan fingerprint density at radius 3 is 2.70 bits per heavy atom. The van der Waals surface area contributed by atoms with Gasteiger partial charge in [0.25, 0.3) is 5.91 Å². The van der Waals surface area contributed by atoms with Gasteiger partial charge in [-0.25, -0.2) is 4.79 Å². The molecule has 2 aliphatic rings. The summed E-state index contributed by atoms with van der Waals surface area (Å²) in [7, 11) is 0. The van der Waals surface area contributed by atoms with Crippen molar-refractivity contribution in [1.29, 1.82) is 0 Å². The topological polar surface area (TPSA) is 62.5 Å². The predicted molar refractivity (Wildman–Crippen MR) is 73.6 cm³/mol. The number of hydrogen-bond acceptors (Lipinski definition) is 2. The third-order valence-electron chi connectivity index (χ3n) is 4.35. The Kier molecular flexibility index (Phi) is 3.28. The molecule has 5 nitrogen and oxygen atoms in total. The van der Waals surface area contributed by atoms with Gasteiger partial charge in [-0.15, -0.1) is 0 Å². The van der Waals surface area contributed by atoms with Crippen LogP contribution in [-0.2, 0) is 4.79 Å². The minimum absolute atomic E-state index is 0.138. The van der Waals surface area contributed by atoms with Gasteiger partial charge >= 0.3 is 5.97 Å². The van der Waals surface area contributed by atoms with Crippen molar-refractivity contribution < 1.29 is 14.7 Å². The molecule has 2 unspecified atom stereocenters. The SMILES string of the molecule is CC1CCN(C(=O)c2cccn2C2CC2)C(C(=O)O)C1. The summed E-state index contributed by atoms with van der Waals surface area (Å²) in [5, 5.41) is 9.36. The van der Waals surface area contributed by atoms with E-state index in [1.165, 1.54) is 4.90 Å². The molecule has 5 heteroatoms. The molecule has 0 radical (unpaired) electrons. The first-order valence-corrected chi connectivity index (χ1v) is 7.28. The van der Waals surface area contributed by atoms with Gasteiger partial charge in [-0.2, -0.15) is 0 Å². The average molecular weight is 276 g/mol. The average Bonchev–Trinajstić information content (AvgIpc) is 3.15. The first-order valence-electron chi connectivity index (χ1n) is 7.28. The summed E-state index contributed by atoms with van der Waals surface area (Å²) >= 11 is 0. The highest BCUT2D eigenvalue weighted by Gasteiger charge is 2.37. The second-order valence-electron chi connectivity index (χ2n) is 6.01. The maximum absolute atomic E-state index is 12.7. The third-order valence-corrected chi connectivity index (χ3v) is 4.35. The zero-order chi connectivity index (χ0) is 14.3. The molecule has 1 aromatic heterocycles. The van der Waals surface area contributed by atoms with Gasteiger partial charge in [0.05, 0.1) is 0 Å². The number of carbonyl (C=O) groups is 2. The maximum atomic E-state index is 12.7. The summed E-state index contributed by atoms with van der Waals surface area (Å²) < 4.78 is 2.00. The van der Waals surface area contributed by atoms with Crippen molar-refractivity contribution in [2.45, 2.75) is 44.7 Å². The molecule has 2 atom stereocenters. The van der Waals surface area contributed by atoms with Crippen LogP contribution in [0.5, 0.6) is 0 Å². The van der Waals surface area contributed by atoms with Crippen molar-refractivity contribution in [1.82, 2.24) is 9.47 Å². The highest BCUT2D eigenvalue weighted by atomic mass is 16.4. The normalized spacial score (nSPS) is 26.6. The molecule has 108 valence electrons. The lowest BCUT2D eigenvalue weighted by Crippen LogP contribution is -2.50. The molecular weight excluding hydrogens is 256 g/mol. The summed E-state index contributed by atoms with van der Waals surface area (Å²) in [5.41, 5.74) is 0.633. The zero-order valence-electron chi connectivity index (χ0n) is 11.7. The molecule has 20 heavy (non-hydrogen) atoms. The fourth-order valence-corrected chi connectivity index (χ4v) is 3.01. The molecule has 2 fully saturated rings. The number of nitrogens with zero attached hydrogens (tertiary/aromatic N) is 2. The standard InChI is InChI=1S/C15H20N2O3/c1-10-6-8-17(13(9-10)15(19)20)14(18)12-3-2-7-16(12)11-4-5-11/h2-3,7,10-11,13H,4-6,8-9H2,1H3,(H,19,20). The maximum Gasteiger partial charge on any atom is 0.326 e. The van der Waals surface area contributed by atoms with Crippen LogP contribution in [0, 0.1) is 5.92 Å². The second-order valence-corrected chi connectivity index (χ2v) is 6.01. The Labute approximate surface area is 118 Å². The van der Waals surface area contributed by atoms with Crippen LogP contribution in [0.2, 0.25) is 0 Å². The second kappa shape index (κ2) is 4.96. The van der Waals surface area contributed by atoms with E-state index in [0.29, 0.717) is 30.6 Å². The summed E-state index contributed by atoms with van der Waals surface area (Å²) in [6, 6.07) is 3.41. The molecule has 0 spiro atoms. The molecule has 3 rings (SSSR count). The van der Waals surface area contributed by atoms with E-state index in [2.05, 4.69) is 0 Å². The first kappa shape index (κ1) is 13.2. The van der Waals surface area contributed by atoms with Gasteiger partial charge in [0.2, 0.25) is 0 Å². The lowest BCUT2D eigenvalue weighted by Gasteiger charge is -2.36. The Morgan fingerprint density at radius 2 is 2.05 bits per heavy atom. The van der Waals surface area contributed by atoms with Crippen LogP contribution in [-0.4, -0.2) is 39.0 Å². The predicted octanol–water partition coefficient (Wildman–Crippen LogP) is 2.15. The van der Waals surface area contributed by atoms with Crippen molar-refractivity contribution in [3.05, 3.63) is 24.0 Å². The molecule has 0 aromatic carbocycles. The molecule has 1 saturated carbocycles. The van der Waals surface area contributed by atoms with Gasteiger partial charge < -0.3 is 14.6 Å². The molecule has 1 saturated heterocycles. The molecule has 1 N–H and O–H groups in total. The number of amides is 1. The number of rotatable bonds is 3. The Hall–Kier alpha value is -1.78. The quantitative estimate of drug-likeness (QED) is 0.920. The number of carboxylic acid groups (broad SMARTS) is 1. The van der Waals surface area contributed by atoms with Crippen LogP contribution in [0.3, 0.4) is 0 Å². The van der Waals surface area contributed by atoms with Gasteiger partial charge in [0, 0.05) is 18.8 Å². The van der Waals surface area contributed by atoms with Crippen LogP contribution >= 0.6 is 0 Å². The van der Waals surface area contributed by atoms with Crippen LogP contribution in [0.1, 0.15) is 49.1 Å². The van der Waals surface area contributed by atoms with Gasteiger partial charge in [-0.1, -0.05) is 6.92 Å². The Morgan fingerprint density at radius 1 is 1.30 bits per heavy atom. The lowest BCUT2D eigenvalue weighted by atomic mass is 9.92. The van der Waals surface area contributed by atoms with Gasteiger partial charge in [-0.05, 0) is 43.7 Å². The lowest BCUT2D eigenvalue weighted by molar-refractivity contribution is -0.144. The van der Waals surface area contributed by atoms with Crippen molar-refractivity contribution in [3.8, 4) is 0 Å². The van der Waals surface area contributed by atoms with Crippen LogP contribution in [0.15, 0.2) is 18.3 Å². The van der Waals surface area contributed by atoms with Crippen LogP contribution < -0.4 is 0 Å². The van der Waals surface area contributed by atoms with Crippen molar-refractivity contribution >= 4 is 11.9 Å². The summed E-state index contributed by atoms with van der Waals surface area (Å²) in [6.07, 6.45) is 5.56. The zero-order valence-corrected chi connectivity index (χ0v) is 11.7. The summed E-state index contributed by atoms with van der Waals surface area (Å²) in [6.45, 7) is 2.58. The van der Waals surface area contributed by atoms with E-state index in [1.54, 1.807) is 6.07 Å². The largest absolute Gasteiger partial charge is 0.480 e. The minimum atomic E-state index is -0.894. The summed E-state index contributed by atoms with van der Waals surface area (Å²) in [5.74, 6) is -0.675. The van der Waals surface area contributed by atoms with Crippen LogP contribution in [0.25, 0.3) is 0 Å². The Balaban J connectivity index is 1.84. The molecule has 0 bridgehead atoms. The summed E-state index contributed by atoms with van der Waals surface area (Å²) in [4.78, 5) is 25.6. The fraction of sp³-hybridized carbons (Fsp3) is 0.600. The highest BCUT2D eigenvalue weighted by Crippen LogP contribution is 2.36. The Bertz CT molecular complexity index is 533. The van der Waals surface area contributed by atoms with E-state index >= 15 is 0 Å². The number of aromatic nitrogens is 1. The van der Waals surface area contributed by atoms with E-state index in [-0.39, 0.29) is 5.91 Å². The highest BCUT2D eigenvalue weighted by molar-refractivity contribution is 5.95. The number of likely N-dealkylation sites (tertiary alicyclic amines) is 1. The number of piperidine rings is 1. The van der Waals surface area contributed by atoms with Crippen LogP contribution in [0.4, 0.5) is 0 Å². The number of aliphatic carboxylic acids is 1. The van der Waals surface area contributed by atoms with Crippen molar-refractivity contribution in [3.63, 3.8) is 0 Å². The van der Waals surface area contributed by atoms with E-state index in [4.69, 9.17) is 0 Å². The molecule has 1 aromatic rings. The van der Waals surface area contributed by atoms with Crippen molar-refractivity contribution in [2.75, 3.05) is 6.54 Å². The molecule has 1 aliphatic heterocycles. The van der Waals surface area contributed by atoms with E-state index in [9.17, 15) is 14.7 Å². The third kappa shape index (κ3) is 2.32. The monoisotopic (exact) mass is 276 g/mol. The molecule has 1 amide bonds. The van der Waals surface area contributed by atoms with Gasteiger partial charge in [0.1, 0.15) is 11.7 Å². The first-order chi connectivity index (χ1) is 9.58. The molecule has 1 aliphatic carbocycles. The number of carbonyl (C=O) groups excluding carboxylic acids is 1. The fourth-order valence-electron chi connectivity index (χ4n) is 3.01. The van der Waals surface area contributed by atoms with Gasteiger partial charge in [-0.3, -0.25) is 4.79 Å². The van der Waals surface area contributed by atoms with E-state index < -0.39 is 12.0 Å². The number of hydrogen-bond donors (Lipinski definition) is 1. The van der Waals surface area contributed by atoms with Crippen molar-refractivity contribution in [2.24, 2.45) is 5.92 Å². The number of carboxylic acids is 1. The molecule has 2 heterocycles. The smallest absolute Gasteiger partial charge is 0.326 e. The van der Waals surface area contributed by atoms with E-state index in [0.717, 1.165) is 19.3 Å².